The summed E-state index contributed by atoms with van der Waals surface area (Å²) in [6, 6.07) is 27.4. The highest BCUT2D eigenvalue weighted by molar-refractivity contribution is 7.98. The Kier molecular flexibility index (Phi) is 5.50. The van der Waals surface area contributed by atoms with Crippen molar-refractivity contribution in [2.24, 2.45) is 5.92 Å². The number of benzene rings is 3. The first-order valence-corrected chi connectivity index (χ1v) is 12.8. The molecular formula is C29H26N2O2S. The zero-order valence-corrected chi connectivity index (χ0v) is 19.8. The van der Waals surface area contributed by atoms with Gasteiger partial charge in [0.15, 0.2) is 0 Å². The molecule has 0 radical (unpaired) electrons. The molecule has 3 aliphatic carbocycles. The Bertz CT molecular complexity index is 1310. The second-order valence-electron chi connectivity index (χ2n) is 9.21. The number of aryl methyl sites for hydroxylation is 1. The van der Waals surface area contributed by atoms with Crippen molar-refractivity contribution in [3.8, 4) is 0 Å². The second kappa shape index (κ2) is 8.80. The number of thioether (sulfide) groups is 1. The van der Waals surface area contributed by atoms with Crippen LogP contribution in [0.4, 0.5) is 0 Å². The molecule has 3 aromatic carbocycles. The number of amides is 1. The van der Waals surface area contributed by atoms with Gasteiger partial charge < -0.3 is 9.84 Å². The largest absolute Gasteiger partial charge is 0.360 e. The third kappa shape index (κ3) is 3.74. The standard InChI is InChI=1S/C29H26N2O2S/c1-18-14-20(33-31-18)17-34-27-13-7-6-12-25(27)29(32)30-16-19-15-26-21-8-2-4-10-23(21)28(19)24-11-5-3-9-22(24)26/h2-14,19,26,28H,15-17H2,1H3,(H,30,32). The zero-order valence-electron chi connectivity index (χ0n) is 19.0. The fourth-order valence-corrected chi connectivity index (χ4v) is 6.62. The monoisotopic (exact) mass is 466 g/mol. The minimum absolute atomic E-state index is 0.0140. The van der Waals surface area contributed by atoms with E-state index in [1.807, 2.05) is 37.3 Å². The summed E-state index contributed by atoms with van der Waals surface area (Å²) in [7, 11) is 0. The summed E-state index contributed by atoms with van der Waals surface area (Å²) in [4.78, 5) is 14.2. The van der Waals surface area contributed by atoms with Crippen molar-refractivity contribution in [2.75, 3.05) is 6.54 Å². The fraction of sp³-hybridized carbons (Fsp3) is 0.241. The van der Waals surface area contributed by atoms with Crippen molar-refractivity contribution in [3.05, 3.63) is 118 Å². The molecule has 0 fully saturated rings. The molecule has 1 atom stereocenters. The second-order valence-corrected chi connectivity index (χ2v) is 10.2. The number of fused-ring (bicyclic) bond motifs is 1. The number of rotatable bonds is 6. The summed E-state index contributed by atoms with van der Waals surface area (Å²) in [5.74, 6) is 2.57. The van der Waals surface area contributed by atoms with Crippen molar-refractivity contribution < 1.29 is 9.32 Å². The maximum Gasteiger partial charge on any atom is 0.252 e. The highest BCUT2D eigenvalue weighted by Gasteiger charge is 2.42. The Morgan fingerprint density at radius 3 is 2.29 bits per heavy atom. The van der Waals surface area contributed by atoms with E-state index >= 15 is 0 Å². The van der Waals surface area contributed by atoms with Crippen LogP contribution in [0.5, 0.6) is 0 Å². The lowest BCUT2D eigenvalue weighted by atomic mass is 9.59. The van der Waals surface area contributed by atoms with E-state index < -0.39 is 0 Å². The molecule has 0 aliphatic heterocycles. The predicted octanol–water partition coefficient (Wildman–Crippen LogP) is 6.30. The molecule has 34 heavy (non-hydrogen) atoms. The van der Waals surface area contributed by atoms with Crippen LogP contribution in [0.25, 0.3) is 0 Å². The first-order valence-electron chi connectivity index (χ1n) is 11.8. The van der Waals surface area contributed by atoms with E-state index in [0.29, 0.717) is 35.6 Å². The predicted molar refractivity (Wildman–Crippen MR) is 134 cm³/mol. The lowest BCUT2D eigenvalue weighted by Crippen LogP contribution is -2.39. The molecule has 0 saturated carbocycles. The van der Waals surface area contributed by atoms with E-state index in [1.165, 1.54) is 22.3 Å². The van der Waals surface area contributed by atoms with Gasteiger partial charge in [-0.1, -0.05) is 65.8 Å². The van der Waals surface area contributed by atoms with Gasteiger partial charge >= 0.3 is 0 Å². The highest BCUT2D eigenvalue weighted by atomic mass is 32.2. The number of nitrogens with zero attached hydrogens (tertiary/aromatic N) is 1. The molecule has 5 heteroatoms. The van der Waals surface area contributed by atoms with Crippen LogP contribution in [0.15, 0.2) is 88.3 Å². The molecule has 0 spiro atoms. The van der Waals surface area contributed by atoms with Crippen LogP contribution in [0.1, 0.15) is 62.3 Å². The van der Waals surface area contributed by atoms with E-state index in [-0.39, 0.29) is 5.91 Å². The summed E-state index contributed by atoms with van der Waals surface area (Å²) in [6.07, 6.45) is 1.07. The van der Waals surface area contributed by atoms with Gasteiger partial charge in [0.2, 0.25) is 0 Å². The molecule has 4 nitrogen and oxygen atoms in total. The Morgan fingerprint density at radius 2 is 1.62 bits per heavy atom. The summed E-state index contributed by atoms with van der Waals surface area (Å²) in [5, 5.41) is 7.22. The lowest BCUT2D eigenvalue weighted by molar-refractivity contribution is 0.0940. The first-order chi connectivity index (χ1) is 16.7. The normalized spacial score (nSPS) is 20.0. The molecular weight excluding hydrogens is 440 g/mol. The summed E-state index contributed by atoms with van der Waals surface area (Å²) >= 11 is 1.60. The van der Waals surface area contributed by atoms with Crippen molar-refractivity contribution in [1.82, 2.24) is 10.5 Å². The smallest absolute Gasteiger partial charge is 0.252 e. The number of carbonyl (C=O) groups excluding carboxylic acids is 1. The maximum absolute atomic E-state index is 13.3. The Morgan fingerprint density at radius 1 is 0.971 bits per heavy atom. The van der Waals surface area contributed by atoms with Gasteiger partial charge in [0.05, 0.1) is 17.0 Å². The van der Waals surface area contributed by atoms with E-state index in [2.05, 4.69) is 59.0 Å². The minimum Gasteiger partial charge on any atom is -0.360 e. The number of carbonyl (C=O) groups is 1. The fourth-order valence-electron chi connectivity index (χ4n) is 5.69. The summed E-state index contributed by atoms with van der Waals surface area (Å²) in [6.45, 7) is 2.58. The summed E-state index contributed by atoms with van der Waals surface area (Å²) < 4.78 is 5.33. The molecule has 170 valence electrons. The average Bonchev–Trinajstić information content (AvgIpc) is 3.31. The van der Waals surface area contributed by atoms with Crippen molar-refractivity contribution >= 4 is 17.7 Å². The van der Waals surface area contributed by atoms with Crippen molar-refractivity contribution in [2.45, 2.75) is 35.8 Å². The molecule has 2 bridgehead atoms. The van der Waals surface area contributed by atoms with Gasteiger partial charge in [-0.2, -0.15) is 0 Å². The quantitative estimate of drug-likeness (QED) is 0.339. The first kappa shape index (κ1) is 21.2. The van der Waals surface area contributed by atoms with E-state index in [0.717, 1.165) is 22.8 Å². The minimum atomic E-state index is -0.0140. The number of aromatic nitrogens is 1. The van der Waals surface area contributed by atoms with Crippen molar-refractivity contribution in [3.63, 3.8) is 0 Å². The number of hydrogen-bond donors (Lipinski definition) is 1. The topological polar surface area (TPSA) is 55.1 Å². The van der Waals surface area contributed by atoms with Gasteiger partial charge in [0, 0.05) is 29.3 Å². The van der Waals surface area contributed by atoms with Gasteiger partial charge in [-0.25, -0.2) is 0 Å². The molecule has 4 aromatic rings. The molecule has 7 rings (SSSR count). The summed E-state index contributed by atoms with van der Waals surface area (Å²) in [5.41, 5.74) is 7.35. The SMILES string of the molecule is Cc1cc(CSc2ccccc2C(=O)NCC2CC3c4ccccc4C2c2ccccc23)on1. The molecule has 1 N–H and O–H groups in total. The van der Waals surface area contributed by atoms with Crippen LogP contribution in [-0.4, -0.2) is 17.6 Å². The van der Waals surface area contributed by atoms with E-state index in [9.17, 15) is 4.79 Å². The highest BCUT2D eigenvalue weighted by Crippen LogP contribution is 2.55. The molecule has 1 amide bonds. The molecule has 3 aliphatic rings. The van der Waals surface area contributed by atoms with Crippen LogP contribution in [0.3, 0.4) is 0 Å². The molecule has 1 heterocycles. The Hall–Kier alpha value is -3.31. The van der Waals surface area contributed by atoms with Gasteiger partial charge in [-0.15, -0.1) is 11.8 Å². The van der Waals surface area contributed by atoms with Crippen LogP contribution < -0.4 is 5.32 Å². The van der Waals surface area contributed by atoms with Gasteiger partial charge in [-0.05, 0) is 53.6 Å². The van der Waals surface area contributed by atoms with Crippen LogP contribution >= 0.6 is 11.8 Å². The Balaban J connectivity index is 1.20. The van der Waals surface area contributed by atoms with E-state index in [4.69, 9.17) is 4.52 Å². The third-order valence-corrected chi connectivity index (χ3v) is 8.22. The average molecular weight is 467 g/mol. The third-order valence-electron chi connectivity index (χ3n) is 7.13. The van der Waals surface area contributed by atoms with E-state index in [1.54, 1.807) is 11.8 Å². The maximum atomic E-state index is 13.3. The molecule has 1 unspecified atom stereocenters. The number of nitrogens with one attached hydrogen (secondary N) is 1. The van der Waals surface area contributed by atoms with Crippen LogP contribution in [-0.2, 0) is 5.75 Å². The molecule has 1 aromatic heterocycles. The zero-order chi connectivity index (χ0) is 23.1. The van der Waals surface area contributed by atoms with Gasteiger partial charge in [0.1, 0.15) is 5.76 Å². The van der Waals surface area contributed by atoms with Crippen molar-refractivity contribution in [1.29, 1.82) is 0 Å². The van der Waals surface area contributed by atoms with Crippen LogP contribution in [0, 0.1) is 12.8 Å². The number of hydrogen-bond acceptors (Lipinski definition) is 4. The van der Waals surface area contributed by atoms with Crippen LogP contribution in [0.2, 0.25) is 0 Å². The lowest BCUT2D eigenvalue weighted by Gasteiger charge is -2.45. The van der Waals surface area contributed by atoms with Gasteiger partial charge in [-0.3, -0.25) is 4.79 Å². The van der Waals surface area contributed by atoms with Gasteiger partial charge in [0.25, 0.3) is 5.91 Å². The molecule has 0 saturated heterocycles. The Labute approximate surface area is 203 Å².